The van der Waals surface area contributed by atoms with E-state index in [9.17, 15) is 9.59 Å². The summed E-state index contributed by atoms with van der Waals surface area (Å²) >= 11 is 0. The minimum Gasteiger partial charge on any atom is -0.444 e. The molecule has 0 atom stereocenters. The number of piperazine rings is 1. The molecule has 9 nitrogen and oxygen atoms in total. The standard InChI is InChI=1S/C22H44N6O3/c1-8-22(9-2,26-20(30)31-21(5,6)7)17-25-19(23-10-3)24-11-12-27-13-15-28(16-14-27)18(4)29/h8-17H2,1-7H3,(H,26,30)(H2,23,24,25). The van der Waals surface area contributed by atoms with E-state index in [1.54, 1.807) is 6.92 Å². The van der Waals surface area contributed by atoms with E-state index in [0.717, 1.165) is 64.6 Å². The zero-order chi connectivity index (χ0) is 23.5. The molecule has 0 aliphatic carbocycles. The van der Waals surface area contributed by atoms with E-state index in [1.165, 1.54) is 0 Å². The number of hydrogen-bond acceptors (Lipinski definition) is 5. The van der Waals surface area contributed by atoms with Crippen LogP contribution in [0.15, 0.2) is 4.99 Å². The number of carbonyl (C=O) groups excluding carboxylic acids is 2. The largest absolute Gasteiger partial charge is 0.444 e. The monoisotopic (exact) mass is 440 g/mol. The van der Waals surface area contributed by atoms with Crippen LogP contribution >= 0.6 is 0 Å². The molecule has 3 N–H and O–H groups in total. The molecule has 0 spiro atoms. The fourth-order valence-corrected chi connectivity index (χ4v) is 3.40. The lowest BCUT2D eigenvalue weighted by Crippen LogP contribution is -2.52. The molecule has 9 heteroatoms. The van der Waals surface area contributed by atoms with Crippen LogP contribution in [0.5, 0.6) is 0 Å². The quantitative estimate of drug-likeness (QED) is 0.374. The summed E-state index contributed by atoms with van der Waals surface area (Å²) in [7, 11) is 0. The normalized spacial score (nSPS) is 16.1. The van der Waals surface area contributed by atoms with Gasteiger partial charge in [-0.3, -0.25) is 14.7 Å². The minimum absolute atomic E-state index is 0.148. The average molecular weight is 441 g/mol. The molecule has 0 aromatic heterocycles. The molecule has 1 fully saturated rings. The van der Waals surface area contributed by atoms with Gasteiger partial charge < -0.3 is 25.6 Å². The van der Waals surface area contributed by atoms with Crippen molar-refractivity contribution in [1.82, 2.24) is 25.8 Å². The lowest BCUT2D eigenvalue weighted by molar-refractivity contribution is -0.130. The van der Waals surface area contributed by atoms with Crippen LogP contribution in [0, 0.1) is 0 Å². The third kappa shape index (κ3) is 10.2. The first-order chi connectivity index (χ1) is 14.5. The molecule has 31 heavy (non-hydrogen) atoms. The van der Waals surface area contributed by atoms with Gasteiger partial charge in [0.1, 0.15) is 5.60 Å². The summed E-state index contributed by atoms with van der Waals surface area (Å²) in [6.45, 7) is 19.6. The van der Waals surface area contributed by atoms with Crippen LogP contribution in [0.25, 0.3) is 0 Å². The second-order valence-corrected chi connectivity index (χ2v) is 9.08. The van der Waals surface area contributed by atoms with Crippen molar-refractivity contribution in [2.75, 3.05) is 52.4 Å². The minimum atomic E-state index is -0.535. The fourth-order valence-electron chi connectivity index (χ4n) is 3.40. The van der Waals surface area contributed by atoms with Crippen LogP contribution in [0.2, 0.25) is 0 Å². The number of carbonyl (C=O) groups is 2. The van der Waals surface area contributed by atoms with Gasteiger partial charge >= 0.3 is 6.09 Å². The Morgan fingerprint density at radius 2 is 1.61 bits per heavy atom. The Morgan fingerprint density at radius 1 is 1.00 bits per heavy atom. The van der Waals surface area contributed by atoms with Crippen LogP contribution in [0.3, 0.4) is 0 Å². The molecule has 0 aromatic rings. The number of aliphatic imine (C=N–C) groups is 1. The Balaban J connectivity index is 2.61. The number of hydrogen-bond donors (Lipinski definition) is 3. The number of ether oxygens (including phenoxy) is 1. The summed E-state index contributed by atoms with van der Waals surface area (Å²) in [5.74, 6) is 0.886. The van der Waals surface area contributed by atoms with Crippen molar-refractivity contribution in [3.8, 4) is 0 Å². The van der Waals surface area contributed by atoms with Crippen molar-refractivity contribution >= 4 is 18.0 Å². The molecule has 2 amide bonds. The molecule has 0 saturated carbocycles. The van der Waals surface area contributed by atoms with E-state index in [2.05, 4.69) is 34.7 Å². The van der Waals surface area contributed by atoms with Gasteiger partial charge in [-0.05, 0) is 40.5 Å². The highest BCUT2D eigenvalue weighted by Crippen LogP contribution is 2.17. The van der Waals surface area contributed by atoms with Crippen LogP contribution < -0.4 is 16.0 Å². The Bertz CT molecular complexity index is 591. The fraction of sp³-hybridized carbons (Fsp3) is 0.864. The molecule has 0 bridgehead atoms. The smallest absolute Gasteiger partial charge is 0.408 e. The van der Waals surface area contributed by atoms with Crippen molar-refractivity contribution in [2.24, 2.45) is 4.99 Å². The molecule has 180 valence electrons. The molecular formula is C22H44N6O3. The summed E-state index contributed by atoms with van der Waals surface area (Å²) in [4.78, 5) is 32.8. The van der Waals surface area contributed by atoms with Crippen LogP contribution in [-0.2, 0) is 9.53 Å². The Hall–Kier alpha value is -2.03. The van der Waals surface area contributed by atoms with Crippen LogP contribution in [0.1, 0.15) is 61.3 Å². The predicted octanol–water partition coefficient (Wildman–Crippen LogP) is 1.79. The number of alkyl carbamates (subject to hydrolysis) is 1. The molecule has 1 heterocycles. The molecular weight excluding hydrogens is 396 g/mol. The summed E-state index contributed by atoms with van der Waals surface area (Å²) in [5, 5.41) is 9.71. The molecule has 1 saturated heterocycles. The van der Waals surface area contributed by atoms with E-state index in [4.69, 9.17) is 9.73 Å². The second kappa shape index (κ2) is 12.7. The van der Waals surface area contributed by atoms with Gasteiger partial charge in [0.25, 0.3) is 0 Å². The number of amides is 2. The van der Waals surface area contributed by atoms with Crippen molar-refractivity contribution in [1.29, 1.82) is 0 Å². The second-order valence-electron chi connectivity index (χ2n) is 9.08. The number of rotatable bonds is 9. The maximum absolute atomic E-state index is 12.3. The molecule has 1 rings (SSSR count). The van der Waals surface area contributed by atoms with Gasteiger partial charge in [-0.25, -0.2) is 4.79 Å². The average Bonchev–Trinajstić information content (AvgIpc) is 2.70. The Morgan fingerprint density at radius 3 is 2.10 bits per heavy atom. The first-order valence-electron chi connectivity index (χ1n) is 11.6. The van der Waals surface area contributed by atoms with Gasteiger partial charge in [0, 0.05) is 52.7 Å². The van der Waals surface area contributed by atoms with E-state index >= 15 is 0 Å². The van der Waals surface area contributed by atoms with Crippen molar-refractivity contribution in [3.05, 3.63) is 0 Å². The first-order valence-corrected chi connectivity index (χ1v) is 11.6. The van der Waals surface area contributed by atoms with Gasteiger partial charge in [-0.2, -0.15) is 0 Å². The maximum Gasteiger partial charge on any atom is 0.408 e. The van der Waals surface area contributed by atoms with E-state index in [0.29, 0.717) is 6.54 Å². The molecule has 1 aliphatic rings. The molecule has 1 aliphatic heterocycles. The van der Waals surface area contributed by atoms with Crippen molar-refractivity contribution in [3.63, 3.8) is 0 Å². The Kier molecular flexibility index (Phi) is 11.1. The lowest BCUT2D eigenvalue weighted by Gasteiger charge is -2.34. The lowest BCUT2D eigenvalue weighted by atomic mass is 9.93. The van der Waals surface area contributed by atoms with Crippen molar-refractivity contribution in [2.45, 2.75) is 72.4 Å². The first kappa shape index (κ1) is 27.0. The summed E-state index contributed by atoms with van der Waals surface area (Å²) in [5.41, 5.74) is -0.985. The highest BCUT2D eigenvalue weighted by atomic mass is 16.6. The topological polar surface area (TPSA) is 98.3 Å². The van der Waals surface area contributed by atoms with Gasteiger partial charge in [-0.15, -0.1) is 0 Å². The SMILES string of the molecule is CCNC(=NCC(CC)(CC)NC(=O)OC(C)(C)C)NCCN1CCN(C(C)=O)CC1. The van der Waals surface area contributed by atoms with E-state index in [1.807, 2.05) is 32.6 Å². The highest BCUT2D eigenvalue weighted by molar-refractivity contribution is 5.80. The van der Waals surface area contributed by atoms with Crippen LogP contribution in [0.4, 0.5) is 4.79 Å². The predicted molar refractivity (Wildman–Crippen MR) is 125 cm³/mol. The summed E-state index contributed by atoms with van der Waals surface area (Å²) in [6.07, 6.45) is 1.10. The van der Waals surface area contributed by atoms with E-state index < -0.39 is 17.2 Å². The third-order valence-electron chi connectivity index (χ3n) is 5.54. The summed E-state index contributed by atoms with van der Waals surface area (Å²) < 4.78 is 5.45. The highest BCUT2D eigenvalue weighted by Gasteiger charge is 2.30. The van der Waals surface area contributed by atoms with Gasteiger partial charge in [-0.1, -0.05) is 13.8 Å². The third-order valence-corrected chi connectivity index (χ3v) is 5.54. The zero-order valence-electron chi connectivity index (χ0n) is 20.6. The number of nitrogens with zero attached hydrogens (tertiary/aromatic N) is 3. The zero-order valence-corrected chi connectivity index (χ0v) is 20.6. The Labute approximate surface area is 188 Å². The van der Waals surface area contributed by atoms with E-state index in [-0.39, 0.29) is 5.91 Å². The van der Waals surface area contributed by atoms with Gasteiger partial charge in [0.15, 0.2) is 5.96 Å². The molecule has 0 aromatic carbocycles. The number of guanidine groups is 1. The van der Waals surface area contributed by atoms with Gasteiger partial charge in [0.05, 0.1) is 12.1 Å². The maximum atomic E-state index is 12.3. The van der Waals surface area contributed by atoms with Crippen LogP contribution in [-0.4, -0.2) is 91.3 Å². The summed E-state index contributed by atoms with van der Waals surface area (Å²) in [6, 6.07) is 0. The number of nitrogens with one attached hydrogen (secondary N) is 3. The van der Waals surface area contributed by atoms with Gasteiger partial charge in [0.2, 0.25) is 5.91 Å². The molecule has 0 unspecified atom stereocenters. The molecule has 0 radical (unpaired) electrons. The van der Waals surface area contributed by atoms with Crippen molar-refractivity contribution < 1.29 is 14.3 Å².